The smallest absolute Gasteiger partial charge is 0.315 e. The highest BCUT2D eigenvalue weighted by molar-refractivity contribution is 6.74. The van der Waals surface area contributed by atoms with Gasteiger partial charge in [0.05, 0.1) is 11.5 Å². The lowest BCUT2D eigenvalue weighted by Crippen LogP contribution is -2.71. The van der Waals surface area contributed by atoms with Crippen molar-refractivity contribution in [1.82, 2.24) is 4.90 Å². The third-order valence-corrected chi connectivity index (χ3v) is 13.8. The fourth-order valence-electron chi connectivity index (χ4n) is 6.92. The van der Waals surface area contributed by atoms with E-state index in [0.29, 0.717) is 6.54 Å². The van der Waals surface area contributed by atoms with Crippen LogP contribution in [-0.4, -0.2) is 49.9 Å². The number of hydrogen-bond donors (Lipinski definition) is 0. The zero-order chi connectivity index (χ0) is 20.3. The van der Waals surface area contributed by atoms with Gasteiger partial charge in [0.2, 0.25) is 0 Å². The Balaban J connectivity index is 1.54. The van der Waals surface area contributed by atoms with Gasteiger partial charge in [-0.15, -0.1) is 0 Å². The van der Waals surface area contributed by atoms with Crippen LogP contribution >= 0.6 is 0 Å². The van der Waals surface area contributed by atoms with E-state index in [2.05, 4.69) is 40.4 Å². The molecule has 5 aliphatic rings. The van der Waals surface area contributed by atoms with Crippen LogP contribution in [0, 0.1) is 16.7 Å². The fraction of sp³-hybridized carbons (Fsp3) is 0.818. The lowest BCUT2D eigenvalue weighted by atomic mass is 9.44. The van der Waals surface area contributed by atoms with E-state index in [-0.39, 0.29) is 40.4 Å². The summed E-state index contributed by atoms with van der Waals surface area (Å²) in [6.07, 6.45) is 3.83. The second-order valence-electron chi connectivity index (χ2n) is 11.4. The lowest BCUT2D eigenvalue weighted by Gasteiger charge is -2.61. The third-order valence-electron chi connectivity index (χ3n) is 9.23. The number of nitrogens with zero attached hydrogens (tertiary/aromatic N) is 1. The molecule has 4 bridgehead atoms. The van der Waals surface area contributed by atoms with E-state index in [0.717, 1.165) is 37.7 Å². The standard InChI is InChI=1S/C22H33NO4Si/c1-13-12-23-16-15(13)8-9-21-11-14(27-28(5,6)20(2,3)4)7-10-22(16,21)19(25)26-17(21)18(23)24/h14-17H,1,7-12H2,2-6H3/t14-,15-,16+,17-,21-,22-/m1/s1. The predicted molar refractivity (Wildman–Crippen MR) is 108 cm³/mol. The molecular formula is C22H33NO4Si. The maximum Gasteiger partial charge on any atom is 0.315 e. The molecule has 2 aliphatic carbocycles. The minimum absolute atomic E-state index is 0.0165. The molecule has 0 radical (unpaired) electrons. The Morgan fingerprint density at radius 3 is 2.61 bits per heavy atom. The van der Waals surface area contributed by atoms with E-state index in [9.17, 15) is 9.59 Å². The molecule has 5 nitrogen and oxygen atoms in total. The van der Waals surface area contributed by atoms with Crippen LogP contribution in [0.15, 0.2) is 12.2 Å². The molecule has 28 heavy (non-hydrogen) atoms. The Hall–Kier alpha value is -1.14. The van der Waals surface area contributed by atoms with Gasteiger partial charge in [0, 0.05) is 24.0 Å². The Morgan fingerprint density at radius 1 is 1.21 bits per heavy atom. The first-order chi connectivity index (χ1) is 12.9. The first-order valence-corrected chi connectivity index (χ1v) is 13.7. The number of carbonyl (C=O) groups excluding carboxylic acids is 2. The monoisotopic (exact) mass is 403 g/mol. The molecule has 0 aromatic heterocycles. The van der Waals surface area contributed by atoms with Crippen LogP contribution in [0.3, 0.4) is 0 Å². The minimum atomic E-state index is -1.91. The molecular weight excluding hydrogens is 370 g/mol. The molecule has 3 heterocycles. The average Bonchev–Trinajstić information content (AvgIpc) is 3.04. The maximum absolute atomic E-state index is 13.3. The summed E-state index contributed by atoms with van der Waals surface area (Å²) in [5.41, 5.74) is 0.206. The van der Waals surface area contributed by atoms with Gasteiger partial charge in [0.25, 0.3) is 5.91 Å². The molecule has 3 saturated heterocycles. The van der Waals surface area contributed by atoms with Crippen molar-refractivity contribution in [3.8, 4) is 0 Å². The minimum Gasteiger partial charge on any atom is -0.451 e. The summed E-state index contributed by atoms with van der Waals surface area (Å²) in [6, 6.07) is -0.0404. The second kappa shape index (κ2) is 5.31. The first kappa shape index (κ1) is 18.9. The van der Waals surface area contributed by atoms with Gasteiger partial charge in [-0.1, -0.05) is 32.9 Å². The van der Waals surface area contributed by atoms with E-state index in [1.54, 1.807) is 0 Å². The molecule has 0 unspecified atom stereocenters. The van der Waals surface area contributed by atoms with E-state index in [4.69, 9.17) is 9.16 Å². The summed E-state index contributed by atoms with van der Waals surface area (Å²) < 4.78 is 12.7. The van der Waals surface area contributed by atoms with Crippen molar-refractivity contribution < 1.29 is 18.8 Å². The first-order valence-electron chi connectivity index (χ1n) is 10.8. The van der Waals surface area contributed by atoms with Gasteiger partial charge in [-0.05, 0) is 50.2 Å². The molecule has 0 aromatic rings. The number of ether oxygens (including phenoxy) is 1. The zero-order valence-electron chi connectivity index (χ0n) is 17.8. The number of piperidine rings is 1. The number of carbonyl (C=O) groups is 2. The van der Waals surface area contributed by atoms with Crippen LogP contribution < -0.4 is 0 Å². The van der Waals surface area contributed by atoms with E-state index >= 15 is 0 Å². The van der Waals surface area contributed by atoms with Gasteiger partial charge < -0.3 is 14.1 Å². The summed E-state index contributed by atoms with van der Waals surface area (Å²) in [4.78, 5) is 28.5. The van der Waals surface area contributed by atoms with E-state index in [1.165, 1.54) is 0 Å². The third kappa shape index (κ3) is 1.96. The van der Waals surface area contributed by atoms with Crippen molar-refractivity contribution in [3.63, 3.8) is 0 Å². The van der Waals surface area contributed by atoms with E-state index < -0.39 is 19.8 Å². The van der Waals surface area contributed by atoms with Crippen LogP contribution in [0.4, 0.5) is 0 Å². The summed E-state index contributed by atoms with van der Waals surface area (Å²) in [5.74, 6) is 0.146. The highest BCUT2D eigenvalue weighted by Crippen LogP contribution is 2.72. The van der Waals surface area contributed by atoms with Gasteiger partial charge in [0.15, 0.2) is 14.4 Å². The van der Waals surface area contributed by atoms with Crippen LogP contribution in [0.2, 0.25) is 18.1 Å². The molecule has 5 fully saturated rings. The zero-order valence-corrected chi connectivity index (χ0v) is 18.8. The van der Waals surface area contributed by atoms with Crippen molar-refractivity contribution in [1.29, 1.82) is 0 Å². The normalized spacial score (nSPS) is 44.6. The van der Waals surface area contributed by atoms with Gasteiger partial charge in [-0.2, -0.15) is 0 Å². The topological polar surface area (TPSA) is 55.8 Å². The molecule has 0 aromatic carbocycles. The second-order valence-corrected chi connectivity index (χ2v) is 16.1. The molecule has 2 saturated carbocycles. The average molecular weight is 404 g/mol. The lowest BCUT2D eigenvalue weighted by molar-refractivity contribution is -0.184. The Labute approximate surface area is 168 Å². The molecule has 6 atom stereocenters. The molecule has 1 amide bonds. The van der Waals surface area contributed by atoms with Crippen molar-refractivity contribution in [2.75, 3.05) is 6.54 Å². The molecule has 154 valence electrons. The maximum atomic E-state index is 13.3. The Kier molecular flexibility index (Phi) is 3.58. The van der Waals surface area contributed by atoms with Gasteiger partial charge in [-0.3, -0.25) is 9.59 Å². The molecule has 0 spiro atoms. The highest BCUT2D eigenvalue weighted by Gasteiger charge is 2.81. The molecule has 5 rings (SSSR count). The van der Waals surface area contributed by atoms with Crippen molar-refractivity contribution in [2.45, 2.75) is 89.3 Å². The van der Waals surface area contributed by atoms with Crippen molar-refractivity contribution >= 4 is 20.2 Å². The van der Waals surface area contributed by atoms with Crippen molar-refractivity contribution in [2.24, 2.45) is 16.7 Å². The quantitative estimate of drug-likeness (QED) is 0.401. The summed E-state index contributed by atoms with van der Waals surface area (Å²) in [5, 5.41) is 0.144. The summed E-state index contributed by atoms with van der Waals surface area (Å²) in [7, 11) is -1.91. The number of amides is 1. The predicted octanol–water partition coefficient (Wildman–Crippen LogP) is 3.65. The highest BCUT2D eigenvalue weighted by atomic mass is 28.4. The van der Waals surface area contributed by atoms with Gasteiger partial charge >= 0.3 is 5.97 Å². The van der Waals surface area contributed by atoms with Gasteiger partial charge in [0.1, 0.15) is 0 Å². The van der Waals surface area contributed by atoms with E-state index in [1.807, 2.05) is 4.90 Å². The number of esters is 1. The number of rotatable bonds is 2. The Morgan fingerprint density at radius 2 is 1.93 bits per heavy atom. The van der Waals surface area contributed by atoms with Crippen LogP contribution in [0.25, 0.3) is 0 Å². The van der Waals surface area contributed by atoms with Crippen LogP contribution in [-0.2, 0) is 18.8 Å². The van der Waals surface area contributed by atoms with Crippen molar-refractivity contribution in [3.05, 3.63) is 12.2 Å². The largest absolute Gasteiger partial charge is 0.451 e. The van der Waals surface area contributed by atoms with Crippen LogP contribution in [0.5, 0.6) is 0 Å². The summed E-state index contributed by atoms with van der Waals surface area (Å²) >= 11 is 0. The van der Waals surface area contributed by atoms with Gasteiger partial charge in [-0.25, -0.2) is 0 Å². The number of hydrogen-bond acceptors (Lipinski definition) is 4. The molecule has 6 heteroatoms. The Bertz CT molecular complexity index is 786. The SMILES string of the molecule is C=C1CN2C(=O)[C@H]3OC(=O)[C@]45CC[C@@H](O[Si](C)(C)C(C)(C)C)C[C@]34CC[C@H]1[C@H]25. The molecule has 0 N–H and O–H groups in total. The van der Waals surface area contributed by atoms with Crippen LogP contribution in [0.1, 0.15) is 52.9 Å². The molecule has 3 aliphatic heterocycles. The fourth-order valence-corrected chi connectivity index (χ4v) is 8.31. The summed E-state index contributed by atoms with van der Waals surface area (Å²) in [6.45, 7) is 16.2.